The molecule has 2 aromatic heterocycles. The third kappa shape index (κ3) is 3.66. The van der Waals surface area contributed by atoms with Crippen molar-refractivity contribution in [2.75, 3.05) is 33.3 Å². The molecule has 0 amide bonds. The maximum absolute atomic E-state index is 12.5. The van der Waals surface area contributed by atoms with Crippen LogP contribution in [0.4, 0.5) is 0 Å². The standard InChI is InChI=1S/C19H26N4O3S/c1-12-15-17(24)20-14(21-18(15)27-16(12)19(25)26-2)11-22-7-9-23(10-8-22)13-5-3-4-6-13/h13H,3-11H2,1-2H3,(H,20,21,24). The number of thiophene rings is 1. The van der Waals surface area contributed by atoms with E-state index in [-0.39, 0.29) is 5.56 Å². The van der Waals surface area contributed by atoms with Crippen molar-refractivity contribution < 1.29 is 9.53 Å². The van der Waals surface area contributed by atoms with Crippen LogP contribution in [-0.4, -0.2) is 65.1 Å². The third-order valence-corrected chi connectivity index (χ3v) is 7.01. The van der Waals surface area contributed by atoms with Gasteiger partial charge in [-0.25, -0.2) is 9.78 Å². The van der Waals surface area contributed by atoms with E-state index in [0.717, 1.165) is 32.2 Å². The lowest BCUT2D eigenvalue weighted by atomic mass is 10.2. The molecule has 1 saturated heterocycles. The van der Waals surface area contributed by atoms with Gasteiger partial charge in [0.2, 0.25) is 0 Å². The first-order valence-corrected chi connectivity index (χ1v) is 10.5. The van der Waals surface area contributed by atoms with Gasteiger partial charge in [-0.2, -0.15) is 0 Å². The van der Waals surface area contributed by atoms with Crippen LogP contribution in [0.1, 0.15) is 46.7 Å². The molecular weight excluding hydrogens is 364 g/mol. The Kier molecular flexibility index (Phi) is 5.29. The summed E-state index contributed by atoms with van der Waals surface area (Å²) >= 11 is 1.23. The van der Waals surface area contributed by atoms with Crippen molar-refractivity contribution >= 4 is 27.5 Å². The summed E-state index contributed by atoms with van der Waals surface area (Å²) in [6, 6.07) is 0.771. The highest BCUT2D eigenvalue weighted by atomic mass is 32.1. The van der Waals surface area contributed by atoms with Crippen LogP contribution < -0.4 is 5.56 Å². The molecule has 0 radical (unpaired) electrons. The Hall–Kier alpha value is -1.77. The van der Waals surface area contributed by atoms with E-state index in [0.29, 0.717) is 33.0 Å². The predicted molar refractivity (Wildman–Crippen MR) is 105 cm³/mol. The van der Waals surface area contributed by atoms with Gasteiger partial charge in [-0.3, -0.25) is 14.6 Å². The van der Waals surface area contributed by atoms with Crippen LogP contribution in [0, 0.1) is 6.92 Å². The minimum atomic E-state index is -0.417. The number of aryl methyl sites for hydroxylation is 1. The predicted octanol–water partition coefficient (Wildman–Crippen LogP) is 2.14. The van der Waals surface area contributed by atoms with E-state index in [1.165, 1.54) is 44.1 Å². The number of carbonyl (C=O) groups excluding carboxylic acids is 1. The number of H-pyrrole nitrogens is 1. The van der Waals surface area contributed by atoms with Gasteiger partial charge < -0.3 is 9.72 Å². The van der Waals surface area contributed by atoms with E-state index in [1.54, 1.807) is 6.92 Å². The van der Waals surface area contributed by atoms with Gasteiger partial charge in [0.25, 0.3) is 5.56 Å². The maximum Gasteiger partial charge on any atom is 0.348 e. The molecule has 7 nitrogen and oxygen atoms in total. The lowest BCUT2D eigenvalue weighted by Crippen LogP contribution is -2.49. The van der Waals surface area contributed by atoms with E-state index in [4.69, 9.17) is 4.74 Å². The summed E-state index contributed by atoms with van der Waals surface area (Å²) in [4.78, 5) is 38.0. The maximum atomic E-state index is 12.5. The number of rotatable bonds is 4. The van der Waals surface area contributed by atoms with Gasteiger partial charge in [0.1, 0.15) is 15.5 Å². The Labute approximate surface area is 162 Å². The number of aromatic nitrogens is 2. The van der Waals surface area contributed by atoms with E-state index >= 15 is 0 Å². The number of carbonyl (C=O) groups is 1. The summed E-state index contributed by atoms with van der Waals surface area (Å²) < 4.78 is 4.81. The van der Waals surface area contributed by atoms with E-state index in [1.807, 2.05) is 0 Å². The molecule has 1 aliphatic carbocycles. The van der Waals surface area contributed by atoms with Crippen LogP contribution in [0.3, 0.4) is 0 Å². The number of hydrogen-bond acceptors (Lipinski definition) is 7. The smallest absolute Gasteiger partial charge is 0.348 e. The van der Waals surface area contributed by atoms with Crippen molar-refractivity contribution in [3.05, 3.63) is 26.6 Å². The first-order chi connectivity index (χ1) is 13.1. The minimum absolute atomic E-state index is 0.177. The average Bonchev–Trinajstić information content (AvgIpc) is 3.30. The number of nitrogens with zero attached hydrogens (tertiary/aromatic N) is 3. The van der Waals surface area contributed by atoms with Crippen molar-refractivity contribution in [2.24, 2.45) is 0 Å². The normalized spacial score (nSPS) is 19.8. The Morgan fingerprint density at radius 1 is 1.26 bits per heavy atom. The largest absolute Gasteiger partial charge is 0.465 e. The summed E-state index contributed by atoms with van der Waals surface area (Å²) in [6.45, 7) is 6.56. The highest BCUT2D eigenvalue weighted by Gasteiger charge is 2.26. The fourth-order valence-electron chi connectivity index (χ4n) is 4.32. The van der Waals surface area contributed by atoms with Crippen LogP contribution in [0.5, 0.6) is 0 Å². The molecule has 27 heavy (non-hydrogen) atoms. The van der Waals surface area contributed by atoms with E-state index in [9.17, 15) is 9.59 Å². The Bertz CT molecular complexity index is 892. The van der Waals surface area contributed by atoms with Crippen molar-refractivity contribution in [1.82, 2.24) is 19.8 Å². The monoisotopic (exact) mass is 390 g/mol. The number of hydrogen-bond donors (Lipinski definition) is 1. The fraction of sp³-hybridized carbons (Fsp3) is 0.632. The highest BCUT2D eigenvalue weighted by Crippen LogP contribution is 2.28. The summed E-state index contributed by atoms with van der Waals surface area (Å²) in [7, 11) is 1.35. The van der Waals surface area contributed by atoms with Crippen LogP contribution in [0.15, 0.2) is 4.79 Å². The van der Waals surface area contributed by atoms with E-state index < -0.39 is 5.97 Å². The van der Waals surface area contributed by atoms with Crippen molar-refractivity contribution in [2.45, 2.75) is 45.2 Å². The molecule has 4 rings (SSSR count). The number of esters is 1. The van der Waals surface area contributed by atoms with Crippen molar-refractivity contribution in [3.63, 3.8) is 0 Å². The highest BCUT2D eigenvalue weighted by molar-refractivity contribution is 7.20. The van der Waals surface area contributed by atoms with Gasteiger partial charge in [-0.15, -0.1) is 11.3 Å². The quantitative estimate of drug-likeness (QED) is 0.806. The van der Waals surface area contributed by atoms with Gasteiger partial charge in [-0.05, 0) is 25.3 Å². The molecule has 2 aromatic rings. The van der Waals surface area contributed by atoms with Crippen molar-refractivity contribution in [3.8, 4) is 0 Å². The number of ether oxygens (including phenoxy) is 1. The lowest BCUT2D eigenvalue weighted by Gasteiger charge is -2.37. The first kappa shape index (κ1) is 18.6. The molecule has 2 fully saturated rings. The molecule has 146 valence electrons. The van der Waals surface area contributed by atoms with Crippen LogP contribution in [0.25, 0.3) is 10.2 Å². The average molecular weight is 391 g/mol. The van der Waals surface area contributed by atoms with Gasteiger partial charge in [-0.1, -0.05) is 12.8 Å². The first-order valence-electron chi connectivity index (χ1n) is 9.64. The molecule has 3 heterocycles. The molecule has 1 N–H and O–H groups in total. The number of fused-ring (bicyclic) bond motifs is 1. The molecule has 0 bridgehead atoms. The Morgan fingerprint density at radius 2 is 1.96 bits per heavy atom. The van der Waals surface area contributed by atoms with Gasteiger partial charge in [0.05, 0.1) is 19.0 Å². The second-order valence-electron chi connectivity index (χ2n) is 7.49. The molecule has 0 atom stereocenters. The third-order valence-electron chi connectivity index (χ3n) is 5.84. The zero-order valence-electron chi connectivity index (χ0n) is 15.9. The molecular formula is C19H26N4O3S. The topological polar surface area (TPSA) is 78.5 Å². The minimum Gasteiger partial charge on any atom is -0.465 e. The van der Waals surface area contributed by atoms with Crippen LogP contribution in [0.2, 0.25) is 0 Å². The molecule has 1 saturated carbocycles. The molecule has 8 heteroatoms. The molecule has 0 aromatic carbocycles. The summed E-state index contributed by atoms with van der Waals surface area (Å²) in [5.41, 5.74) is 0.468. The number of piperazine rings is 1. The molecule has 0 unspecified atom stereocenters. The van der Waals surface area contributed by atoms with E-state index in [2.05, 4.69) is 19.8 Å². The number of nitrogens with one attached hydrogen (secondary N) is 1. The zero-order chi connectivity index (χ0) is 19.0. The Morgan fingerprint density at radius 3 is 2.63 bits per heavy atom. The fourth-order valence-corrected chi connectivity index (χ4v) is 5.44. The second kappa shape index (κ2) is 7.69. The molecule has 0 spiro atoms. The number of aromatic amines is 1. The lowest BCUT2D eigenvalue weighted by molar-refractivity contribution is 0.0605. The second-order valence-corrected chi connectivity index (χ2v) is 8.49. The van der Waals surface area contributed by atoms with Crippen LogP contribution in [-0.2, 0) is 11.3 Å². The van der Waals surface area contributed by atoms with Gasteiger partial charge in [0.15, 0.2) is 0 Å². The Balaban J connectivity index is 1.48. The summed E-state index contributed by atoms with van der Waals surface area (Å²) in [6.07, 6.45) is 5.41. The molecule has 2 aliphatic rings. The van der Waals surface area contributed by atoms with Crippen molar-refractivity contribution in [1.29, 1.82) is 0 Å². The zero-order valence-corrected chi connectivity index (χ0v) is 16.7. The van der Waals surface area contributed by atoms with Crippen LogP contribution >= 0.6 is 11.3 Å². The van der Waals surface area contributed by atoms with Gasteiger partial charge >= 0.3 is 5.97 Å². The van der Waals surface area contributed by atoms with Gasteiger partial charge in [0, 0.05) is 32.2 Å². The molecule has 1 aliphatic heterocycles. The summed E-state index contributed by atoms with van der Waals surface area (Å²) in [5, 5.41) is 0.496. The SMILES string of the molecule is COC(=O)c1sc2nc(CN3CCN(C4CCCC4)CC3)[nH]c(=O)c2c1C. The number of methoxy groups -OCH3 is 1. The summed E-state index contributed by atoms with van der Waals surface area (Å²) in [5.74, 6) is 0.249.